The second-order valence-corrected chi connectivity index (χ2v) is 15.6. The highest BCUT2D eigenvalue weighted by Gasteiger charge is 2.50. The number of anilines is 2. The fraction of sp³-hybridized carbons (Fsp3) is 0.500. The van der Waals surface area contributed by atoms with E-state index in [4.69, 9.17) is 20.2 Å². The Labute approximate surface area is 291 Å². The maximum Gasteiger partial charge on any atom is 0.319 e. The van der Waals surface area contributed by atoms with Gasteiger partial charge in [0.1, 0.15) is 40.5 Å². The van der Waals surface area contributed by atoms with E-state index < -0.39 is 11.6 Å². The Bertz CT molecular complexity index is 2100. The number of pyridine rings is 1. The van der Waals surface area contributed by atoms with Crippen molar-refractivity contribution in [2.24, 2.45) is 5.92 Å². The van der Waals surface area contributed by atoms with E-state index in [9.17, 15) is 14.0 Å². The smallest absolute Gasteiger partial charge is 0.319 e. The predicted molar refractivity (Wildman–Crippen MR) is 185 cm³/mol. The molecule has 10 nitrogen and oxygen atoms in total. The zero-order valence-electron chi connectivity index (χ0n) is 27.5. The fourth-order valence-electron chi connectivity index (χ4n) is 9.44. The van der Waals surface area contributed by atoms with Gasteiger partial charge in [-0.3, -0.25) is 9.88 Å². The fourth-order valence-corrected chi connectivity index (χ4v) is 10.4. The molecule has 0 radical (unpaired) electrons. The van der Waals surface area contributed by atoms with Gasteiger partial charge in [0.05, 0.1) is 27.5 Å². The van der Waals surface area contributed by atoms with E-state index in [1.807, 2.05) is 0 Å². The molecule has 0 unspecified atom stereocenters. The number of nitrogen functional groups attached to an aromatic ring is 1. The predicted octanol–water partition coefficient (Wildman–Crippen LogP) is 5.85. The molecule has 14 heteroatoms. The number of hydrogen-bond donors (Lipinski definition) is 2. The average Bonchev–Trinajstić information content (AvgIpc) is 3.87. The Morgan fingerprint density at radius 2 is 2.06 bits per heavy atom. The van der Waals surface area contributed by atoms with Gasteiger partial charge in [-0.05, 0) is 75.1 Å². The molecule has 8 heterocycles. The number of benzene rings is 1. The van der Waals surface area contributed by atoms with Gasteiger partial charge >= 0.3 is 6.01 Å². The number of aromatic nitrogens is 3. The number of piperazine rings is 1. The number of fused-ring (bicyclic) bond motifs is 5. The standard InChI is InChI=1S/C36H37F3N8O2S/c37-13-20-12-35(7-1-9-47(35)16-20)19-49-34-43-30-25(33(44-34)46-17-22-4-8-36(18-46,45-22)21-5-10-48-11-6-21)15-42-29(28(30)39)23-2-3-26(38)31-27(23)24(14-40)32(41)50-31/h2-3,13,15,21-22,45H,1,4-12,16-19,41H2/b20-13-/t22-,35-,36+/m0/s1. The quantitative estimate of drug-likeness (QED) is 0.253. The first-order valence-corrected chi connectivity index (χ1v) is 18.2. The molecule has 5 aliphatic heterocycles. The zero-order chi connectivity index (χ0) is 34.2. The Kier molecular flexibility index (Phi) is 7.69. The summed E-state index contributed by atoms with van der Waals surface area (Å²) in [6.45, 7) is 4.50. The van der Waals surface area contributed by atoms with Gasteiger partial charge in [-0.1, -0.05) is 0 Å². The van der Waals surface area contributed by atoms with Crippen LogP contribution in [-0.2, 0) is 4.74 Å². The lowest BCUT2D eigenvalue weighted by atomic mass is 9.77. The van der Waals surface area contributed by atoms with E-state index in [-0.39, 0.29) is 67.2 Å². The largest absolute Gasteiger partial charge is 0.461 e. The van der Waals surface area contributed by atoms with Crippen molar-refractivity contribution in [2.75, 3.05) is 56.6 Å². The SMILES string of the molecule is N#Cc1c(N)sc2c(F)ccc(-c3ncc4c(N5C[C@@H]6CC[C@](C7CCOCC7)(C5)N6)nc(OC[C@@]56CCCN5C/C(=C\F)C6)nc4c3F)c12. The molecular formula is C36H37F3N8O2S. The Hall–Kier alpha value is -4.03. The van der Waals surface area contributed by atoms with Crippen molar-refractivity contribution in [3.05, 3.63) is 47.4 Å². The van der Waals surface area contributed by atoms with Crippen LogP contribution in [-0.4, -0.2) is 83.0 Å². The lowest BCUT2D eigenvalue weighted by Gasteiger charge is -2.47. The molecule has 3 aromatic heterocycles. The molecule has 3 N–H and O–H groups in total. The molecule has 260 valence electrons. The number of rotatable bonds is 6. The molecule has 0 amide bonds. The van der Waals surface area contributed by atoms with Gasteiger partial charge in [-0.2, -0.15) is 15.2 Å². The molecule has 2 bridgehead atoms. The summed E-state index contributed by atoms with van der Waals surface area (Å²) in [4.78, 5) is 18.7. The summed E-state index contributed by atoms with van der Waals surface area (Å²) in [5.74, 6) is -0.284. The van der Waals surface area contributed by atoms with E-state index in [0.717, 1.165) is 75.2 Å². The molecule has 0 aliphatic carbocycles. The lowest BCUT2D eigenvalue weighted by molar-refractivity contribution is 0.0308. The molecule has 50 heavy (non-hydrogen) atoms. The van der Waals surface area contributed by atoms with E-state index in [1.54, 1.807) is 6.20 Å². The van der Waals surface area contributed by atoms with Gasteiger partial charge in [-0.15, -0.1) is 11.3 Å². The highest BCUT2D eigenvalue weighted by atomic mass is 32.1. The number of nitrogens with two attached hydrogens (primary N) is 1. The molecule has 4 aromatic rings. The minimum Gasteiger partial charge on any atom is -0.461 e. The minimum absolute atomic E-state index is 0.0247. The van der Waals surface area contributed by atoms with Crippen LogP contribution < -0.4 is 20.7 Å². The maximum atomic E-state index is 17.0. The number of halogens is 3. The van der Waals surface area contributed by atoms with Crippen LogP contribution in [0.15, 0.2) is 30.2 Å². The van der Waals surface area contributed by atoms with Crippen LogP contribution in [0.1, 0.15) is 50.5 Å². The molecule has 1 aromatic carbocycles. The van der Waals surface area contributed by atoms with Crippen molar-refractivity contribution < 1.29 is 22.6 Å². The van der Waals surface area contributed by atoms with Crippen LogP contribution in [0, 0.1) is 28.9 Å². The second kappa shape index (κ2) is 12.0. The van der Waals surface area contributed by atoms with Crippen LogP contribution in [0.2, 0.25) is 0 Å². The highest BCUT2D eigenvalue weighted by Crippen LogP contribution is 2.45. The number of thiophene rings is 1. The van der Waals surface area contributed by atoms with Crippen LogP contribution in [0.4, 0.5) is 24.0 Å². The third-order valence-electron chi connectivity index (χ3n) is 11.8. The summed E-state index contributed by atoms with van der Waals surface area (Å²) >= 11 is 0.949. The third-order valence-corrected chi connectivity index (χ3v) is 12.8. The topological polar surface area (TPSA) is 125 Å². The van der Waals surface area contributed by atoms with Crippen LogP contribution in [0.3, 0.4) is 0 Å². The van der Waals surface area contributed by atoms with Crippen molar-refractivity contribution >= 4 is 43.1 Å². The average molecular weight is 703 g/mol. The molecule has 5 fully saturated rings. The highest BCUT2D eigenvalue weighted by molar-refractivity contribution is 7.23. The molecule has 0 spiro atoms. The second-order valence-electron chi connectivity index (χ2n) is 14.6. The summed E-state index contributed by atoms with van der Waals surface area (Å²) in [5, 5.41) is 14.6. The van der Waals surface area contributed by atoms with Crippen molar-refractivity contribution in [3.8, 4) is 23.3 Å². The van der Waals surface area contributed by atoms with E-state index >= 15 is 4.39 Å². The number of hydrogen-bond acceptors (Lipinski definition) is 11. The van der Waals surface area contributed by atoms with Gasteiger partial charge in [0, 0.05) is 61.6 Å². The Balaban J connectivity index is 1.17. The Morgan fingerprint density at radius 3 is 2.88 bits per heavy atom. The monoisotopic (exact) mass is 702 g/mol. The number of ether oxygens (including phenoxy) is 2. The third kappa shape index (κ3) is 4.96. The normalized spacial score (nSPS) is 27.8. The van der Waals surface area contributed by atoms with Gasteiger partial charge in [0.15, 0.2) is 5.82 Å². The zero-order valence-corrected chi connectivity index (χ0v) is 28.3. The summed E-state index contributed by atoms with van der Waals surface area (Å²) in [6.07, 6.45) is 8.69. The van der Waals surface area contributed by atoms with E-state index in [1.165, 1.54) is 12.1 Å². The first-order valence-electron chi connectivity index (χ1n) is 17.3. The number of nitriles is 1. The molecule has 5 saturated heterocycles. The van der Waals surface area contributed by atoms with Crippen LogP contribution in [0.25, 0.3) is 32.2 Å². The van der Waals surface area contributed by atoms with Crippen molar-refractivity contribution in [3.63, 3.8) is 0 Å². The number of nitrogens with one attached hydrogen (secondary N) is 1. The van der Waals surface area contributed by atoms with Crippen molar-refractivity contribution in [1.82, 2.24) is 25.2 Å². The van der Waals surface area contributed by atoms with Crippen LogP contribution >= 0.6 is 11.3 Å². The summed E-state index contributed by atoms with van der Waals surface area (Å²) < 4.78 is 57.8. The molecule has 0 saturated carbocycles. The van der Waals surface area contributed by atoms with Gasteiger partial charge in [0.25, 0.3) is 0 Å². The van der Waals surface area contributed by atoms with Crippen molar-refractivity contribution in [1.29, 1.82) is 5.26 Å². The minimum atomic E-state index is -0.723. The summed E-state index contributed by atoms with van der Waals surface area (Å²) in [6, 6.07) is 5.00. The maximum absolute atomic E-state index is 17.0. The van der Waals surface area contributed by atoms with E-state index in [2.05, 4.69) is 31.2 Å². The van der Waals surface area contributed by atoms with Crippen molar-refractivity contribution in [2.45, 2.75) is 62.1 Å². The molecule has 3 atom stereocenters. The summed E-state index contributed by atoms with van der Waals surface area (Å²) in [5.41, 5.74) is 6.64. The van der Waals surface area contributed by atoms with Gasteiger partial charge < -0.3 is 25.4 Å². The summed E-state index contributed by atoms with van der Waals surface area (Å²) in [7, 11) is 0. The Morgan fingerprint density at radius 1 is 1.20 bits per heavy atom. The first-order chi connectivity index (χ1) is 24.3. The number of nitrogens with zero attached hydrogens (tertiary/aromatic N) is 6. The van der Waals surface area contributed by atoms with Gasteiger partial charge in [-0.25, -0.2) is 13.2 Å². The molecule has 9 rings (SSSR count). The molecule has 5 aliphatic rings. The van der Waals surface area contributed by atoms with Crippen LogP contribution in [0.5, 0.6) is 6.01 Å². The lowest BCUT2D eigenvalue weighted by Crippen LogP contribution is -2.63. The van der Waals surface area contributed by atoms with Gasteiger partial charge in [0.2, 0.25) is 0 Å². The first kappa shape index (κ1) is 31.9. The molecular weight excluding hydrogens is 666 g/mol. The van der Waals surface area contributed by atoms with E-state index in [0.29, 0.717) is 49.5 Å².